The van der Waals surface area contributed by atoms with Crippen LogP contribution >= 0.6 is 0 Å². The van der Waals surface area contributed by atoms with Gasteiger partial charge in [0.15, 0.2) is 41.0 Å². The Morgan fingerprint density at radius 2 is 1.83 bits per heavy atom. The number of phenolic OH excluding ortho intramolecular Hbond substituents is 2. The van der Waals surface area contributed by atoms with Gasteiger partial charge >= 0.3 is 0 Å². The number of phenols is 2. The van der Waals surface area contributed by atoms with Gasteiger partial charge in [-0.2, -0.15) is 0 Å². The van der Waals surface area contributed by atoms with Gasteiger partial charge in [0.25, 0.3) is 0 Å². The van der Waals surface area contributed by atoms with Gasteiger partial charge in [0, 0.05) is 26.4 Å². The summed E-state index contributed by atoms with van der Waals surface area (Å²) in [5.41, 5.74) is 7.64. The Morgan fingerprint density at radius 1 is 1.06 bits per heavy atom. The van der Waals surface area contributed by atoms with Crippen LogP contribution in [-0.2, 0) is 21.4 Å². The number of nitrogens with zero attached hydrogens (tertiary/aromatic N) is 1. The summed E-state index contributed by atoms with van der Waals surface area (Å²) in [6, 6.07) is 9.07. The highest BCUT2D eigenvalue weighted by Gasteiger charge is 2.43. The normalized spacial score (nSPS) is 22.8. The zero-order valence-electron chi connectivity index (χ0n) is 31.3. The van der Waals surface area contributed by atoms with Crippen molar-refractivity contribution in [3.63, 3.8) is 0 Å². The minimum Gasteiger partial charge on any atom is -0.504 e. The van der Waals surface area contributed by atoms with Gasteiger partial charge in [0.05, 0.1) is 18.9 Å². The van der Waals surface area contributed by atoms with Crippen molar-refractivity contribution >= 4 is 17.4 Å². The highest BCUT2D eigenvalue weighted by atomic mass is 16.6. The molecule has 2 aromatic rings. The molecule has 52 heavy (non-hydrogen) atoms. The van der Waals surface area contributed by atoms with E-state index < -0.39 is 11.9 Å². The number of hydrogen-bond donors (Lipinski definition) is 6. The molecule has 0 unspecified atom stereocenters. The molecule has 3 saturated carbocycles. The molecule has 286 valence electrons. The monoisotopic (exact) mass is 720 g/mol. The van der Waals surface area contributed by atoms with E-state index in [2.05, 4.69) is 15.6 Å². The van der Waals surface area contributed by atoms with Crippen molar-refractivity contribution < 1.29 is 34.3 Å². The maximum Gasteiger partial charge on any atom is 0.192 e. The molecule has 5 rings (SSSR count). The molecule has 0 radical (unpaired) electrons. The number of carbonyl (C=O) groups excluding carboxylic acids is 1. The fourth-order valence-electron chi connectivity index (χ4n) is 8.60. The summed E-state index contributed by atoms with van der Waals surface area (Å²) in [7, 11) is 5.00. The van der Waals surface area contributed by atoms with E-state index in [0.29, 0.717) is 49.4 Å². The maximum atomic E-state index is 13.0. The van der Waals surface area contributed by atoms with Crippen LogP contribution in [0.25, 0.3) is 0 Å². The average molecular weight is 721 g/mol. The minimum absolute atomic E-state index is 0.0281. The molecular formula is C41H60N4O7. The molecule has 3 aliphatic rings. The quantitative estimate of drug-likeness (QED) is 0.0344. The van der Waals surface area contributed by atoms with Gasteiger partial charge in [-0.1, -0.05) is 44.2 Å². The Labute approximate surface area is 309 Å². The van der Waals surface area contributed by atoms with Crippen LogP contribution in [0.3, 0.4) is 0 Å². The molecule has 3 fully saturated rings. The number of aryl methyl sites for hydroxylation is 1. The Morgan fingerprint density at radius 3 is 2.54 bits per heavy atom. The molecular weight excluding hydrogens is 660 g/mol. The van der Waals surface area contributed by atoms with Crippen LogP contribution in [-0.4, -0.2) is 72.8 Å². The highest BCUT2D eigenvalue weighted by Crippen LogP contribution is 2.50. The summed E-state index contributed by atoms with van der Waals surface area (Å²) >= 11 is 0. The first-order valence-corrected chi connectivity index (χ1v) is 19.2. The summed E-state index contributed by atoms with van der Waals surface area (Å²) in [4.78, 5) is 17.0. The molecule has 11 heteroatoms. The molecule has 3 atom stereocenters. The second kappa shape index (κ2) is 18.3. The number of hydrogen-bond acceptors (Lipinski definition) is 9. The third-order valence-electron chi connectivity index (χ3n) is 11.4. The number of aliphatic hydroxyl groups is 1. The number of allylic oxidation sites excluding steroid dienone is 2. The van der Waals surface area contributed by atoms with Crippen LogP contribution in [0.15, 0.2) is 47.5 Å². The van der Waals surface area contributed by atoms with Crippen LogP contribution in [0.2, 0.25) is 0 Å². The van der Waals surface area contributed by atoms with Gasteiger partial charge in [0.2, 0.25) is 0 Å². The molecule has 11 nitrogen and oxygen atoms in total. The van der Waals surface area contributed by atoms with Crippen LogP contribution < -0.4 is 25.8 Å². The first-order valence-electron chi connectivity index (χ1n) is 19.2. The summed E-state index contributed by atoms with van der Waals surface area (Å²) in [5.74, 6) is 1.25. The molecule has 0 spiro atoms. The van der Waals surface area contributed by atoms with E-state index in [4.69, 9.17) is 19.9 Å². The van der Waals surface area contributed by atoms with Gasteiger partial charge in [-0.3, -0.25) is 9.79 Å². The third-order valence-corrected chi connectivity index (χ3v) is 11.4. The van der Waals surface area contributed by atoms with Gasteiger partial charge < -0.3 is 45.9 Å². The number of guanidine groups is 1. The van der Waals surface area contributed by atoms with Crippen LogP contribution in [0, 0.1) is 5.92 Å². The Kier molecular flexibility index (Phi) is 13.9. The van der Waals surface area contributed by atoms with Crippen molar-refractivity contribution in [2.45, 2.75) is 126 Å². The van der Waals surface area contributed by atoms with Crippen molar-refractivity contribution in [3.8, 4) is 23.0 Å². The topological polar surface area (TPSA) is 168 Å². The third kappa shape index (κ3) is 10.2. The Balaban J connectivity index is 1.33. The number of aliphatic imine (C=N–C) groups is 1. The second-order valence-electron chi connectivity index (χ2n) is 15.2. The number of rotatable bonds is 17. The second-order valence-corrected chi connectivity index (χ2v) is 15.2. The minimum atomic E-state index is -0.791. The highest BCUT2D eigenvalue weighted by molar-refractivity contribution is 5.94. The van der Waals surface area contributed by atoms with E-state index in [1.54, 1.807) is 31.3 Å². The number of ether oxygens (including phenoxy) is 3. The Bertz CT molecular complexity index is 1550. The van der Waals surface area contributed by atoms with Gasteiger partial charge in [-0.25, -0.2) is 0 Å². The molecule has 0 aliphatic heterocycles. The zero-order chi connectivity index (χ0) is 37.1. The smallest absolute Gasteiger partial charge is 0.192 e. The molecule has 0 saturated heterocycles. The van der Waals surface area contributed by atoms with Gasteiger partial charge in [0.1, 0.15) is 5.60 Å². The first kappa shape index (κ1) is 39.4. The SMILES string of the molecule is CN=C(N)Nc1cc(C2(C/C=C/C(=O)CCc3ccc(O)c(OC)c3)CCCC2)cc(O[C@]2(CNC)CC[C@H](C[C@H](O)OC3CCCCC3)C2)c1O. The lowest BCUT2D eigenvalue weighted by Gasteiger charge is -2.34. The average Bonchev–Trinajstić information content (AvgIpc) is 3.77. The number of nitrogens with one attached hydrogen (secondary N) is 2. The van der Waals surface area contributed by atoms with Crippen LogP contribution in [0.1, 0.15) is 107 Å². The molecule has 7 N–H and O–H groups in total. The molecule has 0 heterocycles. The molecule has 0 bridgehead atoms. The summed E-state index contributed by atoms with van der Waals surface area (Å²) in [5, 5.41) is 38.8. The summed E-state index contributed by atoms with van der Waals surface area (Å²) < 4.78 is 18.1. The van der Waals surface area contributed by atoms with E-state index in [-0.39, 0.29) is 40.7 Å². The lowest BCUT2D eigenvalue weighted by atomic mass is 9.75. The van der Waals surface area contributed by atoms with Gasteiger partial charge in [-0.05, 0) is 118 Å². The number of anilines is 1. The van der Waals surface area contributed by atoms with E-state index in [0.717, 1.165) is 81.8 Å². The lowest BCUT2D eigenvalue weighted by molar-refractivity contribution is -0.152. The van der Waals surface area contributed by atoms with E-state index >= 15 is 0 Å². The summed E-state index contributed by atoms with van der Waals surface area (Å²) in [6.07, 6.45) is 17.1. The van der Waals surface area contributed by atoms with Crippen LogP contribution in [0.4, 0.5) is 5.69 Å². The fraction of sp³-hybridized carbons (Fsp3) is 0.610. The van der Waals surface area contributed by atoms with Crippen molar-refractivity contribution in [1.29, 1.82) is 0 Å². The molecule has 2 aromatic carbocycles. The number of benzene rings is 2. The number of nitrogens with two attached hydrogens (primary N) is 1. The van der Waals surface area contributed by atoms with E-state index in [1.165, 1.54) is 13.5 Å². The summed E-state index contributed by atoms with van der Waals surface area (Å²) in [6.45, 7) is 0.584. The number of likely N-dealkylation sites (N-methyl/N-ethyl adjacent to an activating group) is 1. The lowest BCUT2D eigenvalue weighted by Crippen LogP contribution is -2.43. The van der Waals surface area contributed by atoms with Crippen molar-refractivity contribution in [3.05, 3.63) is 53.6 Å². The predicted octanol–water partition coefficient (Wildman–Crippen LogP) is 6.62. The molecule has 0 aromatic heterocycles. The zero-order valence-corrected chi connectivity index (χ0v) is 31.3. The fourth-order valence-corrected chi connectivity index (χ4v) is 8.60. The van der Waals surface area contributed by atoms with Crippen LogP contribution in [0.5, 0.6) is 23.0 Å². The number of aliphatic hydroxyl groups excluding tert-OH is 1. The van der Waals surface area contributed by atoms with E-state index in [9.17, 15) is 20.1 Å². The van der Waals surface area contributed by atoms with E-state index in [1.807, 2.05) is 25.3 Å². The van der Waals surface area contributed by atoms with Crippen molar-refractivity contribution in [2.24, 2.45) is 16.6 Å². The van der Waals surface area contributed by atoms with Crippen molar-refractivity contribution in [2.75, 3.05) is 33.1 Å². The predicted molar refractivity (Wildman–Crippen MR) is 204 cm³/mol. The van der Waals surface area contributed by atoms with Crippen molar-refractivity contribution in [1.82, 2.24) is 5.32 Å². The number of ketones is 1. The molecule has 0 amide bonds. The number of carbonyl (C=O) groups is 1. The standard InChI is InChI=1S/C41H60N4O7/c1-43-27-41(21-17-29(26-41)23-37(48)51-32-11-5-4-6-12-32)52-36-25-30(24-33(38(36)49)45-39(42)44-2)40(18-7-8-19-40)20-9-10-31(46)15-13-28-14-16-34(47)35(22-28)50-3/h9-10,14,16,22,24-25,29,32,37,43,47-49H,4-8,11-13,15,17-21,23,26-27H2,1-3H3,(H3,42,44,45)/b10-9+/t29-,37-,41-/m1/s1. The number of methoxy groups -OCH3 is 1. The maximum absolute atomic E-state index is 13.0. The Hall–Kier alpha value is -3.80. The first-order chi connectivity index (χ1) is 25.1. The largest absolute Gasteiger partial charge is 0.504 e. The number of aromatic hydroxyl groups is 2. The molecule has 3 aliphatic carbocycles. The van der Waals surface area contributed by atoms with Gasteiger partial charge in [-0.15, -0.1) is 0 Å².